The monoisotopic (exact) mass is 325 g/mol. The van der Waals surface area contributed by atoms with Crippen LogP contribution < -0.4 is 10.7 Å². The number of benzene rings is 1. The third kappa shape index (κ3) is 3.71. The van der Waals surface area contributed by atoms with Gasteiger partial charge in [0, 0.05) is 11.6 Å². The number of carbonyl (C=O) groups is 2. The molecule has 1 aliphatic carbocycles. The Kier molecular flexibility index (Phi) is 4.46. The van der Waals surface area contributed by atoms with Crippen LogP contribution in [0.5, 0.6) is 0 Å². The Hall–Kier alpha value is -2.89. The summed E-state index contributed by atoms with van der Waals surface area (Å²) in [4.78, 5) is 23.7. The average molecular weight is 325 g/mol. The molecule has 124 valence electrons. The van der Waals surface area contributed by atoms with Gasteiger partial charge in [-0.3, -0.25) is 9.59 Å². The molecule has 1 saturated carbocycles. The second-order valence-electron chi connectivity index (χ2n) is 5.87. The number of hydrogen-bond donors (Lipinski definition) is 2. The highest BCUT2D eigenvalue weighted by molar-refractivity contribution is 6.01. The van der Waals surface area contributed by atoms with Gasteiger partial charge in [0.2, 0.25) is 5.91 Å². The third-order valence-corrected chi connectivity index (χ3v) is 3.95. The molecule has 1 aromatic heterocycles. The van der Waals surface area contributed by atoms with Crippen LogP contribution in [0, 0.1) is 12.8 Å². The molecule has 0 aliphatic heterocycles. The second-order valence-corrected chi connectivity index (χ2v) is 5.87. The van der Waals surface area contributed by atoms with E-state index in [0.29, 0.717) is 17.0 Å². The molecular weight excluding hydrogens is 306 g/mol. The van der Waals surface area contributed by atoms with Gasteiger partial charge in [-0.2, -0.15) is 5.10 Å². The highest BCUT2D eigenvalue weighted by Gasteiger charge is 2.29. The van der Waals surface area contributed by atoms with Crippen LogP contribution in [-0.4, -0.2) is 17.5 Å². The first-order valence-corrected chi connectivity index (χ1v) is 7.84. The summed E-state index contributed by atoms with van der Waals surface area (Å²) in [6.07, 6.45) is 3.42. The van der Waals surface area contributed by atoms with Gasteiger partial charge in [-0.1, -0.05) is 12.1 Å². The normalized spacial score (nSPS) is 14.3. The topological polar surface area (TPSA) is 83.7 Å². The summed E-state index contributed by atoms with van der Waals surface area (Å²) in [6.45, 7) is 3.53. The first-order chi connectivity index (χ1) is 11.5. The predicted molar refractivity (Wildman–Crippen MR) is 90.9 cm³/mol. The summed E-state index contributed by atoms with van der Waals surface area (Å²) >= 11 is 0. The van der Waals surface area contributed by atoms with Crippen LogP contribution in [0.4, 0.5) is 5.69 Å². The lowest BCUT2D eigenvalue weighted by atomic mass is 10.1. The highest BCUT2D eigenvalue weighted by atomic mass is 16.3. The van der Waals surface area contributed by atoms with Crippen molar-refractivity contribution < 1.29 is 14.0 Å². The van der Waals surface area contributed by atoms with E-state index in [9.17, 15) is 9.59 Å². The summed E-state index contributed by atoms with van der Waals surface area (Å²) in [7, 11) is 0. The summed E-state index contributed by atoms with van der Waals surface area (Å²) in [5, 5.41) is 6.99. The van der Waals surface area contributed by atoms with Gasteiger partial charge in [-0.15, -0.1) is 0 Å². The zero-order valence-electron chi connectivity index (χ0n) is 13.6. The van der Waals surface area contributed by atoms with Gasteiger partial charge in [0.25, 0.3) is 5.91 Å². The second kappa shape index (κ2) is 6.70. The molecule has 0 radical (unpaired) electrons. The Labute approximate surface area is 139 Å². The van der Waals surface area contributed by atoms with Gasteiger partial charge < -0.3 is 9.73 Å². The van der Waals surface area contributed by atoms with Crippen LogP contribution in [0.25, 0.3) is 0 Å². The van der Waals surface area contributed by atoms with Crippen molar-refractivity contribution in [2.45, 2.75) is 26.7 Å². The van der Waals surface area contributed by atoms with Crippen LogP contribution in [0.15, 0.2) is 46.1 Å². The van der Waals surface area contributed by atoms with E-state index in [1.165, 1.54) is 6.26 Å². The first-order valence-electron chi connectivity index (χ1n) is 7.84. The van der Waals surface area contributed by atoms with E-state index in [2.05, 4.69) is 15.8 Å². The van der Waals surface area contributed by atoms with Gasteiger partial charge in [0.15, 0.2) is 0 Å². The van der Waals surface area contributed by atoms with Crippen molar-refractivity contribution in [1.29, 1.82) is 0 Å². The molecule has 1 fully saturated rings. The van der Waals surface area contributed by atoms with E-state index < -0.39 is 0 Å². The van der Waals surface area contributed by atoms with Gasteiger partial charge in [-0.25, -0.2) is 5.43 Å². The molecule has 2 amide bonds. The number of amides is 2. The molecule has 3 rings (SSSR count). The minimum Gasteiger partial charge on any atom is -0.469 e. The molecule has 24 heavy (non-hydrogen) atoms. The van der Waals surface area contributed by atoms with Crippen LogP contribution in [0.1, 0.15) is 41.4 Å². The molecule has 0 unspecified atom stereocenters. The van der Waals surface area contributed by atoms with E-state index >= 15 is 0 Å². The quantitative estimate of drug-likeness (QED) is 0.654. The van der Waals surface area contributed by atoms with E-state index in [4.69, 9.17) is 4.42 Å². The maximum Gasteiger partial charge on any atom is 0.274 e. The van der Waals surface area contributed by atoms with Crippen LogP contribution in [0.3, 0.4) is 0 Å². The fraction of sp³-hybridized carbons (Fsp3) is 0.278. The number of hydrazone groups is 1. The lowest BCUT2D eigenvalue weighted by Crippen LogP contribution is -2.19. The lowest BCUT2D eigenvalue weighted by molar-refractivity contribution is -0.117. The first kappa shape index (κ1) is 16.0. The molecule has 0 atom stereocenters. The van der Waals surface area contributed by atoms with Crippen molar-refractivity contribution in [3.8, 4) is 0 Å². The number of nitrogens with one attached hydrogen (secondary N) is 2. The molecule has 0 saturated heterocycles. The van der Waals surface area contributed by atoms with Crippen molar-refractivity contribution >= 4 is 23.2 Å². The van der Waals surface area contributed by atoms with Crippen LogP contribution in [-0.2, 0) is 4.79 Å². The Bertz CT molecular complexity index is 786. The largest absolute Gasteiger partial charge is 0.469 e. The average Bonchev–Trinajstić information content (AvgIpc) is 3.35. The van der Waals surface area contributed by atoms with Gasteiger partial charge in [0.1, 0.15) is 5.76 Å². The van der Waals surface area contributed by atoms with Crippen molar-refractivity contribution in [3.63, 3.8) is 0 Å². The van der Waals surface area contributed by atoms with Crippen LogP contribution >= 0.6 is 0 Å². The predicted octanol–water partition coefficient (Wildman–Crippen LogP) is 3.09. The molecule has 1 aromatic carbocycles. The fourth-order valence-electron chi connectivity index (χ4n) is 2.26. The highest BCUT2D eigenvalue weighted by Crippen LogP contribution is 2.30. The number of aryl methyl sites for hydroxylation is 1. The third-order valence-electron chi connectivity index (χ3n) is 3.95. The summed E-state index contributed by atoms with van der Waals surface area (Å²) < 4.78 is 5.10. The number of anilines is 1. The standard InChI is InChI=1S/C18H19N3O3/c1-11(20-21-18(23)16-9-10-24-12(16)2)13-5-7-15(8-6-13)19-17(22)14-3-4-14/h5-10,14H,3-4H2,1-2H3,(H,19,22)(H,21,23)/b20-11-. The minimum absolute atomic E-state index is 0.0795. The smallest absolute Gasteiger partial charge is 0.274 e. The molecule has 2 N–H and O–H groups in total. The molecule has 1 heterocycles. The van der Waals surface area contributed by atoms with Gasteiger partial charge >= 0.3 is 0 Å². The zero-order chi connectivity index (χ0) is 17.1. The number of rotatable bonds is 5. The molecule has 0 spiro atoms. The zero-order valence-corrected chi connectivity index (χ0v) is 13.6. The van der Waals surface area contributed by atoms with E-state index in [-0.39, 0.29) is 17.7 Å². The van der Waals surface area contributed by atoms with Gasteiger partial charge in [-0.05, 0) is 50.5 Å². The lowest BCUT2D eigenvalue weighted by Gasteiger charge is -2.06. The minimum atomic E-state index is -0.311. The number of furan rings is 1. The Morgan fingerprint density at radius 3 is 2.46 bits per heavy atom. The van der Waals surface area contributed by atoms with Crippen LogP contribution in [0.2, 0.25) is 0 Å². The molecular formula is C18H19N3O3. The Morgan fingerprint density at radius 2 is 1.88 bits per heavy atom. The van der Waals surface area contributed by atoms with Crippen molar-refractivity contribution in [1.82, 2.24) is 5.43 Å². The number of hydrogen-bond acceptors (Lipinski definition) is 4. The number of nitrogens with zero attached hydrogens (tertiary/aromatic N) is 1. The summed E-state index contributed by atoms with van der Waals surface area (Å²) in [5.74, 6) is 0.496. The summed E-state index contributed by atoms with van der Waals surface area (Å²) in [6, 6.07) is 8.98. The Balaban J connectivity index is 1.61. The van der Waals surface area contributed by atoms with Gasteiger partial charge in [0.05, 0.1) is 17.5 Å². The molecule has 6 heteroatoms. The molecule has 6 nitrogen and oxygen atoms in total. The van der Waals surface area contributed by atoms with E-state index in [1.54, 1.807) is 19.9 Å². The van der Waals surface area contributed by atoms with E-state index in [0.717, 1.165) is 24.1 Å². The molecule has 0 bridgehead atoms. The molecule has 1 aliphatic rings. The van der Waals surface area contributed by atoms with Crippen molar-refractivity contribution in [2.75, 3.05) is 5.32 Å². The maximum absolute atomic E-state index is 12.0. The van der Waals surface area contributed by atoms with Crippen molar-refractivity contribution in [3.05, 3.63) is 53.5 Å². The maximum atomic E-state index is 12.0. The fourth-order valence-corrected chi connectivity index (χ4v) is 2.26. The Morgan fingerprint density at radius 1 is 1.17 bits per heavy atom. The number of carbonyl (C=O) groups excluding carboxylic acids is 2. The van der Waals surface area contributed by atoms with E-state index in [1.807, 2.05) is 24.3 Å². The summed E-state index contributed by atoms with van der Waals surface area (Å²) in [5.41, 5.74) is 5.28. The SMILES string of the molecule is C/C(=N/NC(=O)c1ccoc1C)c1ccc(NC(=O)C2CC2)cc1. The molecule has 2 aromatic rings. The van der Waals surface area contributed by atoms with Crippen molar-refractivity contribution in [2.24, 2.45) is 11.0 Å².